The van der Waals surface area contributed by atoms with Crippen LogP contribution in [0, 0.1) is 0 Å². The average molecular weight is 334 g/mol. The largest absolute Gasteiger partial charge is 0.495 e. The number of thiocarbonyl (C=S) groups is 1. The Morgan fingerprint density at radius 1 is 1.26 bits per heavy atom. The van der Waals surface area contributed by atoms with Crippen molar-refractivity contribution < 1.29 is 13.9 Å². The summed E-state index contributed by atoms with van der Waals surface area (Å²) in [5.41, 5.74) is 0.828. The van der Waals surface area contributed by atoms with E-state index in [9.17, 15) is 0 Å². The van der Waals surface area contributed by atoms with E-state index < -0.39 is 0 Å². The molecule has 0 saturated carbocycles. The van der Waals surface area contributed by atoms with Gasteiger partial charge in [0.1, 0.15) is 11.5 Å². The van der Waals surface area contributed by atoms with Crippen molar-refractivity contribution in [3.63, 3.8) is 0 Å². The highest BCUT2D eigenvalue weighted by atomic mass is 32.1. The summed E-state index contributed by atoms with van der Waals surface area (Å²) in [5.74, 6) is 1.59. The van der Waals surface area contributed by atoms with Crippen LogP contribution in [-0.4, -0.2) is 37.4 Å². The maximum Gasteiger partial charge on any atom is 0.174 e. The van der Waals surface area contributed by atoms with Gasteiger partial charge >= 0.3 is 0 Å². The third-order valence-electron chi connectivity index (χ3n) is 3.57. The van der Waals surface area contributed by atoms with Crippen molar-refractivity contribution in [1.29, 1.82) is 0 Å². The smallest absolute Gasteiger partial charge is 0.174 e. The summed E-state index contributed by atoms with van der Waals surface area (Å²) in [7, 11) is 3.31. The number of furan rings is 1. The number of rotatable bonds is 7. The third kappa shape index (κ3) is 4.46. The van der Waals surface area contributed by atoms with E-state index in [0.717, 1.165) is 17.2 Å². The fourth-order valence-electron chi connectivity index (χ4n) is 2.28. The maximum absolute atomic E-state index is 5.59. The first-order valence-corrected chi connectivity index (χ1v) is 7.81. The molecule has 0 unspecified atom stereocenters. The van der Waals surface area contributed by atoms with Gasteiger partial charge in [-0.15, -0.1) is 0 Å². The molecule has 0 spiro atoms. The molecule has 0 bridgehead atoms. The van der Waals surface area contributed by atoms with E-state index in [4.69, 9.17) is 26.1 Å². The molecule has 0 radical (unpaired) electrons. The van der Waals surface area contributed by atoms with Gasteiger partial charge in [0.25, 0.3) is 0 Å². The van der Waals surface area contributed by atoms with Crippen molar-refractivity contribution >= 4 is 23.0 Å². The first-order chi connectivity index (χ1) is 11.2. The zero-order valence-corrected chi connectivity index (χ0v) is 14.4. The zero-order valence-electron chi connectivity index (χ0n) is 13.6. The molecule has 0 aliphatic heterocycles. The molecule has 0 saturated heterocycles. The molecule has 2 aromatic rings. The highest BCUT2D eigenvalue weighted by Gasteiger charge is 2.21. The van der Waals surface area contributed by atoms with E-state index >= 15 is 0 Å². The van der Waals surface area contributed by atoms with Gasteiger partial charge in [0.05, 0.1) is 31.7 Å². The molecule has 1 aromatic carbocycles. The van der Waals surface area contributed by atoms with Gasteiger partial charge in [0.2, 0.25) is 0 Å². The van der Waals surface area contributed by atoms with Crippen molar-refractivity contribution in [2.24, 2.45) is 0 Å². The fourth-order valence-corrected chi connectivity index (χ4v) is 2.64. The topological polar surface area (TPSA) is 46.9 Å². The van der Waals surface area contributed by atoms with E-state index in [-0.39, 0.29) is 6.04 Å². The van der Waals surface area contributed by atoms with E-state index in [1.807, 2.05) is 48.2 Å². The van der Waals surface area contributed by atoms with Gasteiger partial charge < -0.3 is 24.1 Å². The normalized spacial score (nSPS) is 11.8. The Bertz CT molecular complexity index is 616. The second-order valence-corrected chi connectivity index (χ2v) is 5.39. The van der Waals surface area contributed by atoms with Crippen molar-refractivity contribution in [1.82, 2.24) is 4.90 Å². The van der Waals surface area contributed by atoms with Crippen LogP contribution in [0.2, 0.25) is 0 Å². The number of ether oxygens (including phenoxy) is 2. The maximum atomic E-state index is 5.59. The quantitative estimate of drug-likeness (QED) is 0.779. The van der Waals surface area contributed by atoms with Gasteiger partial charge in [0, 0.05) is 13.7 Å². The van der Waals surface area contributed by atoms with Crippen LogP contribution < -0.4 is 10.1 Å². The first-order valence-electron chi connectivity index (χ1n) is 7.40. The number of methoxy groups -OCH3 is 2. The Morgan fingerprint density at radius 2 is 2.04 bits per heavy atom. The summed E-state index contributed by atoms with van der Waals surface area (Å²) in [5, 5.41) is 3.84. The van der Waals surface area contributed by atoms with Gasteiger partial charge in [-0.1, -0.05) is 12.1 Å². The van der Waals surface area contributed by atoms with Crippen molar-refractivity contribution in [2.45, 2.75) is 13.0 Å². The Balaban J connectivity index is 2.16. The highest BCUT2D eigenvalue weighted by Crippen LogP contribution is 2.26. The summed E-state index contributed by atoms with van der Waals surface area (Å²) in [6, 6.07) is 11.5. The second kappa shape index (κ2) is 8.55. The van der Waals surface area contributed by atoms with Crippen LogP contribution in [-0.2, 0) is 4.74 Å². The Morgan fingerprint density at radius 3 is 2.70 bits per heavy atom. The van der Waals surface area contributed by atoms with E-state index in [0.29, 0.717) is 18.3 Å². The van der Waals surface area contributed by atoms with Gasteiger partial charge in [-0.3, -0.25) is 0 Å². The molecule has 0 amide bonds. The van der Waals surface area contributed by atoms with Gasteiger partial charge in [-0.2, -0.15) is 0 Å². The van der Waals surface area contributed by atoms with Crippen LogP contribution in [0.4, 0.5) is 5.69 Å². The van der Waals surface area contributed by atoms with Crippen LogP contribution in [0.1, 0.15) is 18.7 Å². The number of para-hydroxylation sites is 2. The fraction of sp³-hybridized carbons (Fsp3) is 0.353. The van der Waals surface area contributed by atoms with E-state index in [1.165, 1.54) is 0 Å². The lowest BCUT2D eigenvalue weighted by Crippen LogP contribution is -2.39. The molecule has 2 rings (SSSR count). The van der Waals surface area contributed by atoms with Crippen molar-refractivity contribution in [3.05, 3.63) is 48.4 Å². The molecule has 0 fully saturated rings. The molecular weight excluding hydrogens is 312 g/mol. The van der Waals surface area contributed by atoms with Crippen LogP contribution in [0.3, 0.4) is 0 Å². The van der Waals surface area contributed by atoms with Gasteiger partial charge in [0.15, 0.2) is 5.11 Å². The molecule has 1 N–H and O–H groups in total. The SMILES string of the molecule is COCCN(C(=S)Nc1ccccc1OC)[C@@H](C)c1ccco1. The molecular formula is C17H22N2O3S. The van der Waals surface area contributed by atoms with Crippen molar-refractivity contribution in [3.8, 4) is 5.75 Å². The van der Waals surface area contributed by atoms with Gasteiger partial charge in [-0.05, 0) is 43.4 Å². The lowest BCUT2D eigenvalue weighted by Gasteiger charge is -2.30. The Kier molecular flexibility index (Phi) is 6.43. The van der Waals surface area contributed by atoms with E-state index in [1.54, 1.807) is 20.5 Å². The van der Waals surface area contributed by atoms with Crippen molar-refractivity contribution in [2.75, 3.05) is 32.7 Å². The predicted molar refractivity (Wildman–Crippen MR) is 94.9 cm³/mol. The van der Waals surface area contributed by atoms with E-state index in [2.05, 4.69) is 5.32 Å². The standard InChI is InChI=1S/C17H22N2O3S/c1-13(15-9-6-11-22-15)19(10-12-20-2)17(23)18-14-7-4-5-8-16(14)21-3/h4-9,11,13H,10,12H2,1-3H3,(H,18,23)/t13-/m0/s1. The van der Waals surface area contributed by atoms with Crippen LogP contribution in [0.15, 0.2) is 47.1 Å². The highest BCUT2D eigenvalue weighted by molar-refractivity contribution is 7.80. The second-order valence-electron chi connectivity index (χ2n) is 5.01. The monoisotopic (exact) mass is 334 g/mol. The number of anilines is 1. The summed E-state index contributed by atoms with van der Waals surface area (Å²) in [4.78, 5) is 2.03. The molecule has 1 heterocycles. The first kappa shape index (κ1) is 17.3. The lowest BCUT2D eigenvalue weighted by atomic mass is 10.2. The molecule has 124 valence electrons. The molecule has 0 aliphatic carbocycles. The number of benzene rings is 1. The number of hydrogen-bond donors (Lipinski definition) is 1. The molecule has 1 aromatic heterocycles. The predicted octanol–water partition coefficient (Wildman–Crippen LogP) is 3.69. The van der Waals surface area contributed by atoms with Crippen LogP contribution in [0.5, 0.6) is 5.75 Å². The summed E-state index contributed by atoms with van der Waals surface area (Å²) in [6.45, 7) is 3.27. The zero-order chi connectivity index (χ0) is 16.7. The summed E-state index contributed by atoms with van der Waals surface area (Å²) in [6.07, 6.45) is 1.66. The minimum atomic E-state index is -0.00476. The molecule has 6 heteroatoms. The molecule has 5 nitrogen and oxygen atoms in total. The van der Waals surface area contributed by atoms with Crippen LogP contribution >= 0.6 is 12.2 Å². The lowest BCUT2D eigenvalue weighted by molar-refractivity contribution is 0.160. The number of hydrogen-bond acceptors (Lipinski definition) is 4. The Labute approximate surface area is 142 Å². The minimum Gasteiger partial charge on any atom is -0.495 e. The van der Waals surface area contributed by atoms with Gasteiger partial charge in [-0.25, -0.2) is 0 Å². The number of nitrogens with one attached hydrogen (secondary N) is 1. The summed E-state index contributed by atoms with van der Waals surface area (Å²) >= 11 is 5.59. The summed E-state index contributed by atoms with van der Waals surface area (Å²) < 4.78 is 16.1. The Hall–Kier alpha value is -2.05. The minimum absolute atomic E-state index is 0.00476. The molecule has 23 heavy (non-hydrogen) atoms. The molecule has 0 aliphatic rings. The number of nitrogens with zero attached hydrogens (tertiary/aromatic N) is 1. The van der Waals surface area contributed by atoms with Crippen LogP contribution in [0.25, 0.3) is 0 Å². The average Bonchev–Trinajstić information content (AvgIpc) is 3.10. The third-order valence-corrected chi connectivity index (χ3v) is 3.90. The molecule has 1 atom stereocenters.